The second-order valence-electron chi connectivity index (χ2n) is 4.72. The van der Waals surface area contributed by atoms with E-state index in [9.17, 15) is 15.0 Å². The number of thiocarbonyl (C=S) groups is 1. The van der Waals surface area contributed by atoms with E-state index in [2.05, 4.69) is 5.32 Å². The van der Waals surface area contributed by atoms with E-state index in [-0.39, 0.29) is 34.9 Å². The van der Waals surface area contributed by atoms with Crippen molar-refractivity contribution in [3.05, 3.63) is 23.8 Å². The zero-order chi connectivity index (χ0) is 14.0. The topological polar surface area (TPSA) is 95.6 Å². The van der Waals surface area contributed by atoms with Crippen LogP contribution in [0.2, 0.25) is 0 Å². The summed E-state index contributed by atoms with van der Waals surface area (Å²) in [6, 6.07) is 3.78. The first-order valence-electron chi connectivity index (χ1n) is 6.11. The summed E-state index contributed by atoms with van der Waals surface area (Å²) in [5.41, 5.74) is 5.78. The van der Waals surface area contributed by atoms with E-state index in [1.807, 2.05) is 0 Å². The quantitative estimate of drug-likeness (QED) is 0.626. The first-order valence-corrected chi connectivity index (χ1v) is 6.52. The molecule has 0 saturated heterocycles. The molecule has 0 aromatic heterocycles. The van der Waals surface area contributed by atoms with Gasteiger partial charge < -0.3 is 21.3 Å². The highest BCUT2D eigenvalue weighted by Crippen LogP contribution is 2.27. The zero-order valence-corrected chi connectivity index (χ0v) is 11.1. The van der Waals surface area contributed by atoms with E-state index in [0.29, 0.717) is 4.99 Å². The summed E-state index contributed by atoms with van der Waals surface area (Å²) < 4.78 is 0. The number of benzene rings is 1. The van der Waals surface area contributed by atoms with Crippen LogP contribution in [-0.2, 0) is 0 Å². The Balaban J connectivity index is 2.10. The van der Waals surface area contributed by atoms with Crippen molar-refractivity contribution in [3.8, 4) is 11.5 Å². The maximum Gasteiger partial charge on any atom is 0.255 e. The second-order valence-corrected chi connectivity index (χ2v) is 5.19. The van der Waals surface area contributed by atoms with Gasteiger partial charge in [-0.25, -0.2) is 0 Å². The Morgan fingerprint density at radius 1 is 1.37 bits per heavy atom. The molecule has 2 atom stereocenters. The number of aromatic hydroxyl groups is 2. The predicted molar refractivity (Wildman–Crippen MR) is 75.2 cm³/mol. The van der Waals surface area contributed by atoms with E-state index in [1.165, 1.54) is 12.1 Å². The van der Waals surface area contributed by atoms with Gasteiger partial charge in [-0.3, -0.25) is 4.79 Å². The van der Waals surface area contributed by atoms with Gasteiger partial charge in [0.2, 0.25) is 0 Å². The molecule has 1 aliphatic rings. The van der Waals surface area contributed by atoms with Crippen LogP contribution >= 0.6 is 12.2 Å². The van der Waals surface area contributed by atoms with Gasteiger partial charge in [0.1, 0.15) is 11.5 Å². The largest absolute Gasteiger partial charge is 0.508 e. The van der Waals surface area contributed by atoms with Crippen LogP contribution in [0, 0.1) is 5.92 Å². The number of hydrogen-bond acceptors (Lipinski definition) is 4. The van der Waals surface area contributed by atoms with Gasteiger partial charge in [0.25, 0.3) is 5.91 Å². The molecule has 1 fully saturated rings. The van der Waals surface area contributed by atoms with E-state index in [4.69, 9.17) is 18.0 Å². The van der Waals surface area contributed by atoms with Crippen LogP contribution in [0.1, 0.15) is 29.6 Å². The Labute approximate surface area is 116 Å². The Morgan fingerprint density at radius 3 is 2.74 bits per heavy atom. The SMILES string of the molecule is NC(=S)C1CCCC1NC(=O)c1ccc(O)cc1O. The highest BCUT2D eigenvalue weighted by molar-refractivity contribution is 7.80. The first-order chi connectivity index (χ1) is 8.99. The molecule has 1 aromatic rings. The third-order valence-corrected chi connectivity index (χ3v) is 3.73. The number of phenolic OH excluding ortho intramolecular Hbond substituents is 2. The standard InChI is InChI=1S/C13H16N2O3S/c14-12(19)8-2-1-3-10(8)15-13(18)9-5-4-7(16)6-11(9)17/h4-6,8,10,16-17H,1-3H2,(H2,14,19)(H,15,18). The van der Waals surface area contributed by atoms with Crippen LogP contribution in [0.3, 0.4) is 0 Å². The molecule has 0 spiro atoms. The van der Waals surface area contributed by atoms with Crippen molar-refractivity contribution in [2.24, 2.45) is 11.7 Å². The molecule has 0 heterocycles. The van der Waals surface area contributed by atoms with Crippen molar-refractivity contribution in [1.29, 1.82) is 0 Å². The highest BCUT2D eigenvalue weighted by Gasteiger charge is 2.31. The molecule has 1 aliphatic carbocycles. The van der Waals surface area contributed by atoms with Gasteiger partial charge in [0, 0.05) is 18.0 Å². The van der Waals surface area contributed by atoms with Crippen molar-refractivity contribution in [1.82, 2.24) is 5.32 Å². The number of carbonyl (C=O) groups is 1. The Morgan fingerprint density at radius 2 is 2.11 bits per heavy atom. The van der Waals surface area contributed by atoms with Crippen molar-refractivity contribution < 1.29 is 15.0 Å². The van der Waals surface area contributed by atoms with E-state index >= 15 is 0 Å². The number of nitrogens with one attached hydrogen (secondary N) is 1. The summed E-state index contributed by atoms with van der Waals surface area (Å²) in [5.74, 6) is -0.706. The van der Waals surface area contributed by atoms with Gasteiger partial charge in [0.05, 0.1) is 10.6 Å². The van der Waals surface area contributed by atoms with Crippen molar-refractivity contribution in [2.45, 2.75) is 25.3 Å². The Kier molecular flexibility index (Phi) is 3.90. The minimum absolute atomic E-state index is 0.0122. The number of amides is 1. The fourth-order valence-electron chi connectivity index (χ4n) is 2.43. The summed E-state index contributed by atoms with van der Waals surface area (Å²) >= 11 is 4.99. The minimum Gasteiger partial charge on any atom is -0.508 e. The van der Waals surface area contributed by atoms with Crippen molar-refractivity contribution in [3.63, 3.8) is 0 Å². The van der Waals surface area contributed by atoms with Crippen LogP contribution < -0.4 is 11.1 Å². The zero-order valence-electron chi connectivity index (χ0n) is 10.3. The Bertz CT molecular complexity index is 519. The molecule has 0 aliphatic heterocycles. The summed E-state index contributed by atoms with van der Waals surface area (Å²) in [5, 5.41) is 21.7. The van der Waals surface area contributed by atoms with Gasteiger partial charge in [-0.15, -0.1) is 0 Å². The monoisotopic (exact) mass is 280 g/mol. The lowest BCUT2D eigenvalue weighted by molar-refractivity contribution is 0.0931. The van der Waals surface area contributed by atoms with Crippen LogP contribution in [0.25, 0.3) is 0 Å². The van der Waals surface area contributed by atoms with Crippen LogP contribution in [-0.4, -0.2) is 27.2 Å². The maximum absolute atomic E-state index is 12.1. The number of nitrogens with two attached hydrogens (primary N) is 1. The molecule has 2 unspecified atom stereocenters. The number of phenols is 2. The molecule has 19 heavy (non-hydrogen) atoms. The fourth-order valence-corrected chi connectivity index (χ4v) is 2.71. The molecule has 1 amide bonds. The molecule has 1 aromatic carbocycles. The molecule has 1 saturated carbocycles. The second kappa shape index (κ2) is 5.44. The van der Waals surface area contributed by atoms with Gasteiger partial charge >= 0.3 is 0 Å². The molecular formula is C13H16N2O3S. The van der Waals surface area contributed by atoms with Crippen LogP contribution in [0.15, 0.2) is 18.2 Å². The molecule has 2 rings (SSSR count). The molecular weight excluding hydrogens is 264 g/mol. The van der Waals surface area contributed by atoms with E-state index < -0.39 is 0 Å². The van der Waals surface area contributed by atoms with Crippen LogP contribution in [0.5, 0.6) is 11.5 Å². The summed E-state index contributed by atoms with van der Waals surface area (Å²) in [4.78, 5) is 12.5. The third-order valence-electron chi connectivity index (χ3n) is 3.42. The van der Waals surface area contributed by atoms with Crippen molar-refractivity contribution >= 4 is 23.1 Å². The van der Waals surface area contributed by atoms with Gasteiger partial charge in [0.15, 0.2) is 0 Å². The van der Waals surface area contributed by atoms with Gasteiger partial charge in [-0.05, 0) is 25.0 Å². The molecule has 5 N–H and O–H groups in total. The molecule has 102 valence electrons. The lowest BCUT2D eigenvalue weighted by Gasteiger charge is -2.20. The normalized spacial score (nSPS) is 22.1. The van der Waals surface area contributed by atoms with E-state index in [0.717, 1.165) is 25.3 Å². The molecule has 5 nitrogen and oxygen atoms in total. The highest BCUT2D eigenvalue weighted by atomic mass is 32.1. The Hall–Kier alpha value is -1.82. The number of hydrogen-bond donors (Lipinski definition) is 4. The maximum atomic E-state index is 12.1. The van der Waals surface area contributed by atoms with Gasteiger partial charge in [-0.1, -0.05) is 18.6 Å². The molecule has 6 heteroatoms. The summed E-state index contributed by atoms with van der Waals surface area (Å²) in [6.07, 6.45) is 2.67. The van der Waals surface area contributed by atoms with Crippen LogP contribution in [0.4, 0.5) is 0 Å². The number of rotatable bonds is 3. The molecule has 0 radical (unpaired) electrons. The van der Waals surface area contributed by atoms with E-state index in [1.54, 1.807) is 0 Å². The fraction of sp³-hybridized carbons (Fsp3) is 0.385. The molecule has 0 bridgehead atoms. The first kappa shape index (κ1) is 13.6. The van der Waals surface area contributed by atoms with Gasteiger partial charge in [-0.2, -0.15) is 0 Å². The summed E-state index contributed by atoms with van der Waals surface area (Å²) in [6.45, 7) is 0. The lowest BCUT2D eigenvalue weighted by Crippen LogP contribution is -2.41. The minimum atomic E-state index is -0.384. The van der Waals surface area contributed by atoms with Crippen molar-refractivity contribution in [2.75, 3.05) is 0 Å². The summed E-state index contributed by atoms with van der Waals surface area (Å²) in [7, 11) is 0. The predicted octanol–water partition coefficient (Wildman–Crippen LogP) is 1.28. The lowest BCUT2D eigenvalue weighted by atomic mass is 10.0. The average Bonchev–Trinajstić information content (AvgIpc) is 2.76. The smallest absolute Gasteiger partial charge is 0.255 e. The average molecular weight is 280 g/mol. The number of carbonyl (C=O) groups excluding carboxylic acids is 1. The third kappa shape index (κ3) is 2.96.